The van der Waals surface area contributed by atoms with Crippen LogP contribution in [-0.4, -0.2) is 37.5 Å². The molecule has 2 aliphatic heterocycles. The molecule has 2 N–H and O–H groups in total. The summed E-state index contributed by atoms with van der Waals surface area (Å²) in [6.07, 6.45) is 4.64. The average molecular weight is 455 g/mol. The first-order chi connectivity index (χ1) is 16.5. The quantitative estimate of drug-likeness (QED) is 0.617. The van der Waals surface area contributed by atoms with Gasteiger partial charge in [0.25, 0.3) is 11.8 Å². The molecule has 1 atom stereocenters. The number of amides is 2. The van der Waals surface area contributed by atoms with Gasteiger partial charge < -0.3 is 10.6 Å². The highest BCUT2D eigenvalue weighted by molar-refractivity contribution is 6.07. The van der Waals surface area contributed by atoms with Crippen LogP contribution in [0.5, 0.6) is 0 Å². The fourth-order valence-corrected chi connectivity index (χ4v) is 4.74. The largest absolute Gasteiger partial charge is 0.369 e. The van der Waals surface area contributed by atoms with Gasteiger partial charge in [-0.05, 0) is 29.7 Å². The van der Waals surface area contributed by atoms with Crippen LogP contribution in [-0.2, 0) is 30.0 Å². The summed E-state index contributed by atoms with van der Waals surface area (Å²) in [5, 5.41) is 0. The third-order valence-electron chi connectivity index (χ3n) is 6.39. The summed E-state index contributed by atoms with van der Waals surface area (Å²) < 4.78 is 0. The minimum Gasteiger partial charge on any atom is -0.369 e. The van der Waals surface area contributed by atoms with Crippen molar-refractivity contribution >= 4 is 17.8 Å². The zero-order valence-corrected chi connectivity index (χ0v) is 19.0. The normalized spacial score (nSPS) is 19.3. The molecule has 1 unspecified atom stereocenters. The maximum Gasteiger partial charge on any atom is 0.262 e. The Morgan fingerprint density at radius 3 is 2.41 bits per heavy atom. The van der Waals surface area contributed by atoms with E-state index in [1.165, 1.54) is 4.90 Å². The molecule has 0 aliphatic carbocycles. The summed E-state index contributed by atoms with van der Waals surface area (Å²) in [5.41, 5.74) is 9.12. The van der Waals surface area contributed by atoms with Crippen LogP contribution in [0.3, 0.4) is 0 Å². The molecule has 2 aromatic carbocycles. The second-order valence-corrected chi connectivity index (χ2v) is 8.65. The summed E-state index contributed by atoms with van der Waals surface area (Å²) in [5.74, 6) is -0.0336. The van der Waals surface area contributed by atoms with E-state index in [0.29, 0.717) is 25.1 Å². The lowest BCUT2D eigenvalue weighted by Crippen LogP contribution is -2.42. The number of nitrogens with zero attached hydrogens (tertiary/aromatic N) is 5. The molecule has 0 radical (unpaired) electrons. The number of carbonyl (C=O) groups is 2. The Labute approximate surface area is 198 Å². The summed E-state index contributed by atoms with van der Waals surface area (Å²) in [7, 11) is 0. The van der Waals surface area contributed by atoms with Gasteiger partial charge in [-0.15, -0.1) is 0 Å². The molecule has 8 nitrogen and oxygen atoms in total. The highest BCUT2D eigenvalue weighted by Gasteiger charge is 2.48. The van der Waals surface area contributed by atoms with E-state index >= 15 is 0 Å². The standard InChI is InChI=1S/C26H26N6O2/c1-2-11-26(20-9-4-3-5-10-20)24(34)32(25(27)30-26)15-18-7-6-8-19(14-18)23(33)31-16-21-22(17-31)29-13-12-28-21/h3-10,12-14H,2,11,15-17H2,1H3,(H2,27,30). The van der Waals surface area contributed by atoms with Gasteiger partial charge in [0.15, 0.2) is 11.5 Å². The van der Waals surface area contributed by atoms with Crippen LogP contribution in [0.2, 0.25) is 0 Å². The van der Waals surface area contributed by atoms with Crippen LogP contribution in [0.1, 0.15) is 52.6 Å². The van der Waals surface area contributed by atoms with Crippen molar-refractivity contribution in [3.8, 4) is 0 Å². The van der Waals surface area contributed by atoms with Crippen molar-refractivity contribution in [3.05, 3.63) is 95.1 Å². The first kappa shape index (κ1) is 21.8. The molecule has 0 fully saturated rings. The first-order valence-electron chi connectivity index (χ1n) is 11.4. The zero-order chi connectivity index (χ0) is 23.7. The Balaban J connectivity index is 1.36. The van der Waals surface area contributed by atoms with E-state index in [-0.39, 0.29) is 24.3 Å². The molecule has 3 aromatic rings. The molecule has 0 saturated heterocycles. The number of fused-ring (bicyclic) bond motifs is 1. The molecular formula is C26H26N6O2. The summed E-state index contributed by atoms with van der Waals surface area (Å²) in [6, 6.07) is 16.9. The van der Waals surface area contributed by atoms with E-state index in [1.54, 1.807) is 23.4 Å². The van der Waals surface area contributed by atoms with E-state index in [2.05, 4.69) is 15.0 Å². The second-order valence-electron chi connectivity index (χ2n) is 8.65. The maximum absolute atomic E-state index is 13.6. The van der Waals surface area contributed by atoms with Crippen LogP contribution in [0.15, 0.2) is 72.0 Å². The Kier molecular flexibility index (Phi) is 5.57. The zero-order valence-electron chi connectivity index (χ0n) is 19.0. The van der Waals surface area contributed by atoms with Crippen LogP contribution in [0.4, 0.5) is 0 Å². The lowest BCUT2D eigenvalue weighted by Gasteiger charge is -2.26. The van der Waals surface area contributed by atoms with Crippen LogP contribution in [0, 0.1) is 0 Å². The summed E-state index contributed by atoms with van der Waals surface area (Å²) in [4.78, 5) is 43.3. The van der Waals surface area contributed by atoms with Gasteiger partial charge in [0.2, 0.25) is 0 Å². The Hall–Kier alpha value is -4.07. The predicted octanol–water partition coefficient (Wildman–Crippen LogP) is 2.99. The van der Waals surface area contributed by atoms with Gasteiger partial charge in [-0.2, -0.15) is 0 Å². The molecule has 34 heavy (non-hydrogen) atoms. The monoisotopic (exact) mass is 454 g/mol. The Bertz CT molecular complexity index is 1250. The fraction of sp³-hybridized carbons (Fsp3) is 0.269. The lowest BCUT2D eigenvalue weighted by molar-refractivity contribution is -0.132. The molecule has 2 aliphatic rings. The van der Waals surface area contributed by atoms with Crippen molar-refractivity contribution in [1.29, 1.82) is 0 Å². The molecule has 5 rings (SSSR count). The highest BCUT2D eigenvalue weighted by Crippen LogP contribution is 2.37. The number of hydrogen-bond donors (Lipinski definition) is 1. The van der Waals surface area contributed by atoms with Crippen molar-refractivity contribution in [2.45, 2.75) is 44.9 Å². The number of aromatic nitrogens is 2. The molecule has 8 heteroatoms. The summed E-state index contributed by atoms with van der Waals surface area (Å²) in [6.45, 7) is 3.15. The number of benzene rings is 2. The Morgan fingerprint density at radius 1 is 1.03 bits per heavy atom. The SMILES string of the molecule is CCCC1(c2ccccc2)N=C(N)N(Cc2cccc(C(=O)N3Cc4nccnc4C3)c2)C1=O. The fourth-order valence-electron chi connectivity index (χ4n) is 4.74. The van der Waals surface area contributed by atoms with Crippen molar-refractivity contribution < 1.29 is 9.59 Å². The number of rotatable bonds is 6. The van der Waals surface area contributed by atoms with Crippen molar-refractivity contribution in [2.75, 3.05) is 0 Å². The molecule has 0 spiro atoms. The van der Waals surface area contributed by atoms with E-state index in [0.717, 1.165) is 28.9 Å². The van der Waals surface area contributed by atoms with Gasteiger partial charge in [-0.1, -0.05) is 55.8 Å². The number of carbonyl (C=O) groups excluding carboxylic acids is 2. The maximum atomic E-state index is 13.6. The Morgan fingerprint density at radius 2 is 1.74 bits per heavy atom. The third kappa shape index (κ3) is 3.71. The summed E-state index contributed by atoms with van der Waals surface area (Å²) >= 11 is 0. The number of hydrogen-bond acceptors (Lipinski definition) is 6. The molecule has 3 heterocycles. The van der Waals surface area contributed by atoms with Gasteiger partial charge in [-0.3, -0.25) is 24.5 Å². The van der Waals surface area contributed by atoms with Gasteiger partial charge in [0, 0.05) is 18.0 Å². The third-order valence-corrected chi connectivity index (χ3v) is 6.39. The first-order valence-corrected chi connectivity index (χ1v) is 11.4. The number of aliphatic imine (C=N–C) groups is 1. The predicted molar refractivity (Wildman–Crippen MR) is 127 cm³/mol. The lowest BCUT2D eigenvalue weighted by atomic mass is 9.85. The van der Waals surface area contributed by atoms with Crippen LogP contribution >= 0.6 is 0 Å². The molecule has 2 amide bonds. The topological polar surface area (TPSA) is 105 Å². The highest BCUT2D eigenvalue weighted by atomic mass is 16.2. The van der Waals surface area contributed by atoms with Gasteiger partial charge in [-0.25, -0.2) is 4.99 Å². The van der Waals surface area contributed by atoms with E-state index in [9.17, 15) is 9.59 Å². The second kappa shape index (κ2) is 8.70. The van der Waals surface area contributed by atoms with Crippen molar-refractivity contribution in [2.24, 2.45) is 10.7 Å². The minimum atomic E-state index is -1.01. The van der Waals surface area contributed by atoms with Gasteiger partial charge in [0.1, 0.15) is 0 Å². The molecule has 1 aromatic heterocycles. The van der Waals surface area contributed by atoms with Crippen LogP contribution < -0.4 is 5.73 Å². The molecule has 0 saturated carbocycles. The van der Waals surface area contributed by atoms with Crippen molar-refractivity contribution in [3.63, 3.8) is 0 Å². The molecule has 0 bridgehead atoms. The van der Waals surface area contributed by atoms with E-state index < -0.39 is 5.54 Å². The molecule has 172 valence electrons. The van der Waals surface area contributed by atoms with Crippen molar-refractivity contribution in [1.82, 2.24) is 19.8 Å². The minimum absolute atomic E-state index is 0.0966. The van der Waals surface area contributed by atoms with Gasteiger partial charge >= 0.3 is 0 Å². The van der Waals surface area contributed by atoms with E-state index in [1.807, 2.05) is 55.5 Å². The smallest absolute Gasteiger partial charge is 0.262 e. The van der Waals surface area contributed by atoms with Gasteiger partial charge in [0.05, 0.1) is 31.0 Å². The van der Waals surface area contributed by atoms with Crippen LogP contribution in [0.25, 0.3) is 0 Å². The molecular weight excluding hydrogens is 428 g/mol. The number of nitrogens with two attached hydrogens (primary N) is 1. The number of guanidine groups is 1. The average Bonchev–Trinajstić information content (AvgIpc) is 3.40. The van der Waals surface area contributed by atoms with E-state index in [4.69, 9.17) is 5.73 Å².